The molecule has 6 nitrogen and oxygen atoms in total. The Morgan fingerprint density at radius 2 is 1.84 bits per heavy atom. The molecular formula is C25H26ClN3O3. The minimum atomic E-state index is -0.549. The quantitative estimate of drug-likeness (QED) is 0.563. The zero-order valence-electron chi connectivity index (χ0n) is 17.9. The molecule has 1 aromatic heterocycles. The first-order valence-corrected chi connectivity index (χ1v) is 11.7. The highest BCUT2D eigenvalue weighted by Gasteiger charge is 2.37. The number of oxazole rings is 1. The highest BCUT2D eigenvalue weighted by Crippen LogP contribution is 2.33. The fourth-order valence-corrected chi connectivity index (χ4v) is 4.97. The van der Waals surface area contributed by atoms with Crippen LogP contribution in [-0.2, 0) is 9.59 Å². The smallest absolute Gasteiger partial charge is 0.250 e. The average Bonchev–Trinajstić information content (AvgIpc) is 3.24. The first-order chi connectivity index (χ1) is 15.6. The van der Waals surface area contributed by atoms with E-state index in [0.29, 0.717) is 37.0 Å². The molecule has 2 amide bonds. The molecule has 5 rings (SSSR count). The molecule has 7 heteroatoms. The van der Waals surface area contributed by atoms with Crippen LogP contribution in [0, 0.1) is 0 Å². The van der Waals surface area contributed by atoms with E-state index < -0.39 is 6.04 Å². The SMILES string of the molecule is O=C(C(c1ccccc1)N1CCCCC1=O)N1CCC(c2nc3cc(Cl)ccc3o2)CC1. The Labute approximate surface area is 192 Å². The van der Waals surface area contributed by atoms with Gasteiger partial charge in [-0.25, -0.2) is 4.98 Å². The van der Waals surface area contributed by atoms with Gasteiger partial charge in [-0.3, -0.25) is 9.59 Å². The summed E-state index contributed by atoms with van der Waals surface area (Å²) in [5.41, 5.74) is 2.38. The number of carbonyl (C=O) groups excluding carboxylic acids is 2. The van der Waals surface area contributed by atoms with Gasteiger partial charge < -0.3 is 14.2 Å². The molecule has 2 aromatic carbocycles. The van der Waals surface area contributed by atoms with Crippen LogP contribution in [-0.4, -0.2) is 46.2 Å². The molecule has 0 N–H and O–H groups in total. The summed E-state index contributed by atoms with van der Waals surface area (Å²) in [6, 6.07) is 14.6. The molecule has 32 heavy (non-hydrogen) atoms. The molecule has 2 aliphatic rings. The molecule has 0 saturated carbocycles. The molecular weight excluding hydrogens is 426 g/mol. The highest BCUT2D eigenvalue weighted by atomic mass is 35.5. The lowest BCUT2D eigenvalue weighted by Gasteiger charge is -2.39. The van der Waals surface area contributed by atoms with Crippen molar-refractivity contribution in [3.05, 3.63) is 65.0 Å². The number of rotatable bonds is 4. The summed E-state index contributed by atoms with van der Waals surface area (Å²) in [4.78, 5) is 34.6. The molecule has 3 heterocycles. The first kappa shape index (κ1) is 21.0. The predicted molar refractivity (Wildman–Crippen MR) is 122 cm³/mol. The summed E-state index contributed by atoms with van der Waals surface area (Å²) in [6.45, 7) is 1.87. The van der Waals surface area contributed by atoms with Crippen molar-refractivity contribution >= 4 is 34.5 Å². The highest BCUT2D eigenvalue weighted by molar-refractivity contribution is 6.31. The Bertz CT molecular complexity index is 1120. The van der Waals surface area contributed by atoms with Gasteiger partial charge in [0.25, 0.3) is 0 Å². The van der Waals surface area contributed by atoms with Crippen LogP contribution in [0.5, 0.6) is 0 Å². The number of likely N-dealkylation sites (tertiary alicyclic amines) is 2. The van der Waals surface area contributed by atoms with Gasteiger partial charge in [-0.2, -0.15) is 0 Å². The Morgan fingerprint density at radius 1 is 1.06 bits per heavy atom. The molecule has 166 valence electrons. The second-order valence-corrected chi connectivity index (χ2v) is 9.06. The van der Waals surface area contributed by atoms with E-state index in [4.69, 9.17) is 16.0 Å². The van der Waals surface area contributed by atoms with E-state index in [2.05, 4.69) is 4.98 Å². The fraction of sp³-hybridized carbons (Fsp3) is 0.400. The summed E-state index contributed by atoms with van der Waals surface area (Å²) >= 11 is 6.07. The van der Waals surface area contributed by atoms with Gasteiger partial charge in [0.05, 0.1) is 0 Å². The van der Waals surface area contributed by atoms with Crippen LogP contribution in [0.4, 0.5) is 0 Å². The Balaban J connectivity index is 1.32. The number of hydrogen-bond donors (Lipinski definition) is 0. The predicted octanol–water partition coefficient (Wildman–Crippen LogP) is 4.94. The van der Waals surface area contributed by atoms with Crippen LogP contribution >= 0.6 is 11.6 Å². The van der Waals surface area contributed by atoms with E-state index in [0.717, 1.165) is 42.3 Å². The van der Waals surface area contributed by atoms with E-state index in [9.17, 15) is 9.59 Å². The van der Waals surface area contributed by atoms with Crippen molar-refractivity contribution < 1.29 is 14.0 Å². The van der Waals surface area contributed by atoms with E-state index in [1.54, 1.807) is 11.0 Å². The molecule has 2 fully saturated rings. The molecule has 0 spiro atoms. The average molecular weight is 452 g/mol. The van der Waals surface area contributed by atoms with Gasteiger partial charge in [0, 0.05) is 37.0 Å². The number of aromatic nitrogens is 1. The van der Waals surface area contributed by atoms with Crippen molar-refractivity contribution in [1.82, 2.24) is 14.8 Å². The number of hydrogen-bond acceptors (Lipinski definition) is 4. The second-order valence-electron chi connectivity index (χ2n) is 8.62. The maximum absolute atomic E-state index is 13.6. The number of benzene rings is 2. The third-order valence-corrected chi connectivity index (χ3v) is 6.78. The molecule has 1 atom stereocenters. The van der Waals surface area contributed by atoms with Gasteiger partial charge in [0.2, 0.25) is 11.8 Å². The number of piperidine rings is 2. The maximum Gasteiger partial charge on any atom is 0.250 e. The van der Waals surface area contributed by atoms with Crippen LogP contribution in [0.1, 0.15) is 55.5 Å². The molecule has 3 aromatic rings. The van der Waals surface area contributed by atoms with Crippen LogP contribution in [0.3, 0.4) is 0 Å². The van der Waals surface area contributed by atoms with Crippen LogP contribution in [0.2, 0.25) is 5.02 Å². The van der Waals surface area contributed by atoms with Gasteiger partial charge in [-0.1, -0.05) is 41.9 Å². The lowest BCUT2D eigenvalue weighted by Crippen LogP contribution is -2.49. The van der Waals surface area contributed by atoms with Crippen molar-refractivity contribution in [1.29, 1.82) is 0 Å². The number of halogens is 1. The second kappa shape index (κ2) is 8.94. The largest absolute Gasteiger partial charge is 0.440 e. The molecule has 2 aliphatic heterocycles. The van der Waals surface area contributed by atoms with Crippen LogP contribution in [0.15, 0.2) is 52.9 Å². The summed E-state index contributed by atoms with van der Waals surface area (Å²) in [6.07, 6.45) is 3.90. The van der Waals surface area contributed by atoms with Gasteiger partial charge in [0.15, 0.2) is 11.5 Å². The van der Waals surface area contributed by atoms with Gasteiger partial charge in [-0.05, 0) is 49.4 Å². The van der Waals surface area contributed by atoms with Crippen molar-refractivity contribution in [3.8, 4) is 0 Å². The molecule has 0 radical (unpaired) electrons. The minimum absolute atomic E-state index is 0.00856. The number of fused-ring (bicyclic) bond motifs is 1. The van der Waals surface area contributed by atoms with E-state index in [1.807, 2.05) is 47.4 Å². The van der Waals surface area contributed by atoms with Crippen LogP contribution < -0.4 is 0 Å². The fourth-order valence-electron chi connectivity index (χ4n) is 4.80. The molecule has 1 unspecified atom stereocenters. The first-order valence-electron chi connectivity index (χ1n) is 11.3. The Morgan fingerprint density at radius 3 is 2.59 bits per heavy atom. The summed E-state index contributed by atoms with van der Waals surface area (Å²) in [5, 5.41) is 0.636. The monoisotopic (exact) mass is 451 g/mol. The van der Waals surface area contributed by atoms with Crippen molar-refractivity contribution in [3.63, 3.8) is 0 Å². The minimum Gasteiger partial charge on any atom is -0.440 e. The van der Waals surface area contributed by atoms with E-state index in [1.165, 1.54) is 0 Å². The summed E-state index contributed by atoms with van der Waals surface area (Å²) in [7, 11) is 0. The zero-order valence-corrected chi connectivity index (χ0v) is 18.6. The lowest BCUT2D eigenvalue weighted by atomic mass is 9.94. The third-order valence-electron chi connectivity index (χ3n) is 6.54. The van der Waals surface area contributed by atoms with Crippen LogP contribution in [0.25, 0.3) is 11.1 Å². The molecule has 0 bridgehead atoms. The Hall–Kier alpha value is -2.86. The number of amides is 2. The number of carbonyl (C=O) groups is 2. The topological polar surface area (TPSA) is 66.7 Å². The maximum atomic E-state index is 13.6. The zero-order chi connectivity index (χ0) is 22.1. The normalized spacial score (nSPS) is 18.8. The molecule has 2 saturated heterocycles. The van der Waals surface area contributed by atoms with Gasteiger partial charge in [-0.15, -0.1) is 0 Å². The van der Waals surface area contributed by atoms with Crippen molar-refractivity contribution in [2.24, 2.45) is 0 Å². The lowest BCUT2D eigenvalue weighted by molar-refractivity contribution is -0.148. The number of nitrogens with zero attached hydrogens (tertiary/aromatic N) is 3. The molecule has 0 aliphatic carbocycles. The van der Waals surface area contributed by atoms with E-state index in [-0.39, 0.29) is 17.7 Å². The third kappa shape index (κ3) is 4.11. The summed E-state index contributed by atoms with van der Waals surface area (Å²) in [5.74, 6) is 0.949. The standard InChI is InChI=1S/C25H26ClN3O3/c26-19-9-10-21-20(16-19)27-24(32-21)18-11-14-28(15-12-18)25(31)23(17-6-2-1-3-7-17)29-13-5-4-8-22(29)30/h1-3,6-7,9-10,16,18,23H,4-5,8,11-15H2. The van der Waals surface area contributed by atoms with Crippen molar-refractivity contribution in [2.75, 3.05) is 19.6 Å². The van der Waals surface area contributed by atoms with Gasteiger partial charge in [0.1, 0.15) is 11.6 Å². The van der Waals surface area contributed by atoms with Crippen molar-refractivity contribution in [2.45, 2.75) is 44.1 Å². The van der Waals surface area contributed by atoms with E-state index >= 15 is 0 Å². The summed E-state index contributed by atoms with van der Waals surface area (Å²) < 4.78 is 5.96. The van der Waals surface area contributed by atoms with Gasteiger partial charge >= 0.3 is 0 Å². The Kier molecular flexibility index (Phi) is 5.87.